The predicted octanol–water partition coefficient (Wildman–Crippen LogP) is 2.33. The molecule has 0 aliphatic heterocycles. The van der Waals surface area contributed by atoms with Crippen molar-refractivity contribution in [1.82, 2.24) is 0 Å². The second-order valence-electron chi connectivity index (χ2n) is 3.21. The van der Waals surface area contributed by atoms with Gasteiger partial charge in [0.1, 0.15) is 0 Å². The van der Waals surface area contributed by atoms with E-state index in [4.69, 9.17) is 0 Å². The van der Waals surface area contributed by atoms with Crippen LogP contribution in [0.5, 0.6) is 0 Å². The molecule has 1 fully saturated rings. The van der Waals surface area contributed by atoms with Gasteiger partial charge in [-0.25, -0.2) is 8.42 Å². The highest BCUT2D eigenvalue weighted by atomic mass is 127. The minimum absolute atomic E-state index is 0.396. The second-order valence-corrected chi connectivity index (χ2v) is 8.65. The van der Waals surface area contributed by atoms with Crippen LogP contribution in [-0.2, 0) is 7.01 Å². The Morgan fingerprint density at radius 2 is 1.73 bits per heavy atom. The normalized spacial score (nSPS) is 21.9. The first-order chi connectivity index (χ1) is 5.08. The monoisotopic (exact) mass is 288 g/mol. The molecule has 0 unspecified atom stereocenters. The standard InChI is InChI=1S/C7H13IO2S/c8-11(9,10)6-7-4-2-1-3-5-7/h7H,1-6H2. The van der Waals surface area contributed by atoms with Crippen molar-refractivity contribution in [3.63, 3.8) is 0 Å². The molecule has 0 spiro atoms. The van der Waals surface area contributed by atoms with E-state index in [2.05, 4.69) is 0 Å². The van der Waals surface area contributed by atoms with Gasteiger partial charge in [-0.05, 0) is 18.8 Å². The predicted molar refractivity (Wildman–Crippen MR) is 54.4 cm³/mol. The van der Waals surface area contributed by atoms with Crippen LogP contribution in [0.15, 0.2) is 0 Å². The molecule has 0 aromatic carbocycles. The average molecular weight is 288 g/mol. The van der Waals surface area contributed by atoms with Crippen LogP contribution in [0.4, 0.5) is 0 Å². The Balaban J connectivity index is 2.36. The molecular weight excluding hydrogens is 275 g/mol. The molecular formula is C7H13IO2S. The lowest BCUT2D eigenvalue weighted by Crippen LogP contribution is -2.14. The lowest BCUT2D eigenvalue weighted by Gasteiger charge is -2.19. The van der Waals surface area contributed by atoms with E-state index in [9.17, 15) is 8.42 Å². The second kappa shape index (κ2) is 4.07. The third kappa shape index (κ3) is 4.30. The van der Waals surface area contributed by atoms with E-state index >= 15 is 0 Å². The Labute approximate surface area is 80.3 Å². The summed E-state index contributed by atoms with van der Waals surface area (Å²) in [6.45, 7) is 0. The van der Waals surface area contributed by atoms with Crippen molar-refractivity contribution in [2.75, 3.05) is 5.75 Å². The van der Waals surface area contributed by atoms with Crippen LogP contribution >= 0.6 is 21.2 Å². The van der Waals surface area contributed by atoms with Crippen LogP contribution < -0.4 is 0 Å². The summed E-state index contributed by atoms with van der Waals surface area (Å²) in [6.07, 6.45) is 5.95. The van der Waals surface area contributed by atoms with Gasteiger partial charge in [-0.2, -0.15) is 0 Å². The summed E-state index contributed by atoms with van der Waals surface area (Å²) in [5, 5.41) is 0. The number of halogens is 1. The largest absolute Gasteiger partial charge is 0.218 e. The fourth-order valence-corrected chi connectivity index (χ4v) is 4.06. The molecule has 0 radical (unpaired) electrons. The molecule has 66 valence electrons. The van der Waals surface area contributed by atoms with Gasteiger partial charge < -0.3 is 0 Å². The van der Waals surface area contributed by atoms with Crippen molar-refractivity contribution in [2.24, 2.45) is 5.92 Å². The Morgan fingerprint density at radius 3 is 2.18 bits per heavy atom. The molecule has 1 rings (SSSR count). The van der Waals surface area contributed by atoms with Gasteiger partial charge in [0.05, 0.1) is 27.0 Å². The van der Waals surface area contributed by atoms with Gasteiger partial charge >= 0.3 is 0 Å². The minimum atomic E-state index is -2.75. The van der Waals surface area contributed by atoms with Gasteiger partial charge in [-0.1, -0.05) is 19.3 Å². The molecule has 0 aromatic rings. The van der Waals surface area contributed by atoms with Gasteiger partial charge in [-0.15, -0.1) is 0 Å². The van der Waals surface area contributed by atoms with Crippen molar-refractivity contribution in [3.8, 4) is 0 Å². The first-order valence-electron chi connectivity index (χ1n) is 4.00. The SMILES string of the molecule is O=S(=O)(I)CC1CCCCC1. The third-order valence-corrected chi connectivity index (χ3v) is 4.11. The summed E-state index contributed by atoms with van der Waals surface area (Å²) in [4.78, 5) is 0. The molecule has 2 nitrogen and oxygen atoms in total. The van der Waals surface area contributed by atoms with Crippen molar-refractivity contribution in [1.29, 1.82) is 0 Å². The Kier molecular flexibility index (Phi) is 3.61. The van der Waals surface area contributed by atoms with Crippen LogP contribution in [0.1, 0.15) is 32.1 Å². The Morgan fingerprint density at radius 1 is 1.18 bits per heavy atom. The topological polar surface area (TPSA) is 34.1 Å². The van der Waals surface area contributed by atoms with Crippen molar-refractivity contribution >= 4 is 28.2 Å². The zero-order chi connectivity index (χ0) is 8.32. The first-order valence-corrected chi connectivity index (χ1v) is 8.20. The molecule has 0 saturated heterocycles. The van der Waals surface area contributed by atoms with Gasteiger partial charge in [0.2, 0.25) is 7.01 Å². The van der Waals surface area contributed by atoms with E-state index in [-0.39, 0.29) is 0 Å². The molecule has 0 atom stereocenters. The molecule has 1 aliphatic carbocycles. The van der Waals surface area contributed by atoms with E-state index < -0.39 is 7.01 Å². The molecule has 0 aromatic heterocycles. The summed E-state index contributed by atoms with van der Waals surface area (Å²) in [7, 11) is -2.75. The zero-order valence-corrected chi connectivity index (χ0v) is 9.40. The fraction of sp³-hybridized carbons (Fsp3) is 1.00. The van der Waals surface area contributed by atoms with Crippen molar-refractivity contribution in [2.45, 2.75) is 32.1 Å². The molecule has 4 heteroatoms. The quantitative estimate of drug-likeness (QED) is 0.577. The summed E-state index contributed by atoms with van der Waals surface area (Å²) < 4.78 is 21.8. The van der Waals surface area contributed by atoms with Crippen molar-refractivity contribution < 1.29 is 8.42 Å². The molecule has 11 heavy (non-hydrogen) atoms. The maximum atomic E-state index is 10.9. The fourth-order valence-electron chi connectivity index (χ4n) is 1.64. The Bertz CT molecular complexity index is 204. The highest BCUT2D eigenvalue weighted by Gasteiger charge is 2.18. The average Bonchev–Trinajstić information content (AvgIpc) is 1.85. The van der Waals surface area contributed by atoms with E-state index in [0.29, 0.717) is 11.7 Å². The maximum Gasteiger partial charge on any atom is 0.203 e. The first kappa shape index (κ1) is 9.77. The summed E-state index contributed by atoms with van der Waals surface area (Å²) in [6, 6.07) is 0. The molecule has 1 saturated carbocycles. The molecule has 0 heterocycles. The number of hydrogen-bond acceptors (Lipinski definition) is 2. The lowest BCUT2D eigenvalue weighted by molar-refractivity contribution is 0.386. The van der Waals surface area contributed by atoms with Gasteiger partial charge in [-0.3, -0.25) is 0 Å². The van der Waals surface area contributed by atoms with Gasteiger partial charge in [0.25, 0.3) is 0 Å². The third-order valence-electron chi connectivity index (χ3n) is 2.16. The maximum absolute atomic E-state index is 10.9. The molecule has 0 bridgehead atoms. The van der Waals surface area contributed by atoms with Crippen LogP contribution in [-0.4, -0.2) is 14.2 Å². The highest BCUT2D eigenvalue weighted by molar-refractivity contribution is 14.2. The molecule has 0 N–H and O–H groups in total. The van der Waals surface area contributed by atoms with Crippen LogP contribution in [0.3, 0.4) is 0 Å². The van der Waals surface area contributed by atoms with Crippen LogP contribution in [0, 0.1) is 5.92 Å². The number of rotatable bonds is 2. The summed E-state index contributed by atoms with van der Waals surface area (Å²) in [5.74, 6) is 0.846. The smallest absolute Gasteiger partial charge is 0.203 e. The van der Waals surface area contributed by atoms with E-state index in [0.717, 1.165) is 12.8 Å². The van der Waals surface area contributed by atoms with E-state index in [1.807, 2.05) is 0 Å². The van der Waals surface area contributed by atoms with Crippen LogP contribution in [0.25, 0.3) is 0 Å². The van der Waals surface area contributed by atoms with Crippen LogP contribution in [0.2, 0.25) is 0 Å². The molecule has 1 aliphatic rings. The summed E-state index contributed by atoms with van der Waals surface area (Å²) in [5.41, 5.74) is 0. The number of hydrogen-bond donors (Lipinski definition) is 0. The van der Waals surface area contributed by atoms with Gasteiger partial charge in [0.15, 0.2) is 0 Å². The zero-order valence-electron chi connectivity index (χ0n) is 6.42. The van der Waals surface area contributed by atoms with Crippen molar-refractivity contribution in [3.05, 3.63) is 0 Å². The lowest BCUT2D eigenvalue weighted by atomic mass is 9.91. The summed E-state index contributed by atoms with van der Waals surface area (Å²) >= 11 is 1.55. The minimum Gasteiger partial charge on any atom is -0.218 e. The highest BCUT2D eigenvalue weighted by Crippen LogP contribution is 2.26. The Hall–Kier alpha value is 0.680. The van der Waals surface area contributed by atoms with E-state index in [1.165, 1.54) is 19.3 Å². The van der Waals surface area contributed by atoms with Gasteiger partial charge in [0, 0.05) is 0 Å². The molecule has 0 amide bonds. The van der Waals surface area contributed by atoms with E-state index in [1.54, 1.807) is 21.2 Å².